The molecular formula is C25H25N7O2. The monoisotopic (exact) mass is 455 g/mol. The Kier molecular flexibility index (Phi) is 6.98. The molecular weight excluding hydrogens is 430 g/mol. The number of rotatable bonds is 5. The highest BCUT2D eigenvalue weighted by Crippen LogP contribution is 2.35. The third-order valence-electron chi connectivity index (χ3n) is 6.00. The van der Waals surface area contributed by atoms with E-state index in [9.17, 15) is 10.1 Å². The first-order valence-electron chi connectivity index (χ1n) is 11.0. The van der Waals surface area contributed by atoms with E-state index in [2.05, 4.69) is 32.4 Å². The Morgan fingerprint density at radius 3 is 2.38 bits per heavy atom. The smallest absolute Gasteiger partial charge is 0.308 e. The molecule has 3 N–H and O–H groups in total. The number of aromatic nitrogens is 2. The van der Waals surface area contributed by atoms with Crippen molar-refractivity contribution in [3.63, 3.8) is 0 Å². The van der Waals surface area contributed by atoms with Crippen LogP contribution in [-0.4, -0.2) is 46.4 Å². The summed E-state index contributed by atoms with van der Waals surface area (Å²) in [5.41, 5.74) is 6.76. The van der Waals surface area contributed by atoms with E-state index in [-0.39, 0.29) is 28.9 Å². The molecule has 1 aromatic heterocycles. The number of ether oxygens (including phenoxy) is 1. The number of piperidine rings is 1. The molecule has 1 fully saturated rings. The van der Waals surface area contributed by atoms with Gasteiger partial charge in [0, 0.05) is 37.4 Å². The van der Waals surface area contributed by atoms with Gasteiger partial charge in [0.25, 0.3) is 5.91 Å². The molecule has 34 heavy (non-hydrogen) atoms. The number of aliphatic imine (C=N–C) groups is 1. The number of carbonyl (C=O) groups is 1. The number of nitriles is 1. The molecule has 1 amide bonds. The molecule has 0 saturated carbocycles. The molecule has 2 heterocycles. The molecule has 172 valence electrons. The number of para-hydroxylation sites is 1. The van der Waals surface area contributed by atoms with Crippen molar-refractivity contribution in [3.8, 4) is 11.9 Å². The summed E-state index contributed by atoms with van der Waals surface area (Å²) >= 11 is 0. The molecule has 0 spiro atoms. The number of likely N-dealkylation sites (tertiary alicyclic amines) is 1. The van der Waals surface area contributed by atoms with Gasteiger partial charge in [-0.1, -0.05) is 48.5 Å². The average Bonchev–Trinajstić information content (AvgIpc) is 2.89. The van der Waals surface area contributed by atoms with Gasteiger partial charge in [0.15, 0.2) is 11.5 Å². The summed E-state index contributed by atoms with van der Waals surface area (Å²) in [6.45, 7) is 1.61. The molecule has 0 atom stereocenters. The molecule has 0 aliphatic carbocycles. The summed E-state index contributed by atoms with van der Waals surface area (Å²) in [7, 11) is 0. The van der Waals surface area contributed by atoms with Gasteiger partial charge >= 0.3 is 6.02 Å². The van der Waals surface area contributed by atoms with Crippen molar-refractivity contribution in [1.82, 2.24) is 20.2 Å². The van der Waals surface area contributed by atoms with E-state index in [4.69, 9.17) is 10.5 Å². The standard InChI is InChI=1S/C25H25N7O2/c26-18-31-24(34-20-9-5-2-6-10-20)32-15-11-25(12-16-32,19-7-3-1-4-8-19)17-30-23(33)21-22(27)29-14-13-28-21/h1-10,13-14H,11-12,15-17H2,(H2,27,29)(H,30,33)/b31-24+. The summed E-state index contributed by atoms with van der Waals surface area (Å²) < 4.78 is 5.89. The fourth-order valence-corrected chi connectivity index (χ4v) is 4.14. The molecule has 9 heteroatoms. The van der Waals surface area contributed by atoms with Gasteiger partial charge in [-0.3, -0.25) is 4.79 Å². The topological polar surface area (TPSA) is 130 Å². The molecule has 1 aliphatic rings. The Morgan fingerprint density at radius 2 is 1.74 bits per heavy atom. The van der Waals surface area contributed by atoms with Crippen LogP contribution < -0.4 is 15.8 Å². The van der Waals surface area contributed by atoms with E-state index in [1.165, 1.54) is 12.4 Å². The zero-order valence-corrected chi connectivity index (χ0v) is 18.6. The summed E-state index contributed by atoms with van der Waals surface area (Å²) in [5, 5.41) is 12.2. The summed E-state index contributed by atoms with van der Waals surface area (Å²) in [6.07, 6.45) is 6.17. The van der Waals surface area contributed by atoms with Gasteiger partial charge < -0.3 is 20.7 Å². The van der Waals surface area contributed by atoms with Crippen LogP contribution >= 0.6 is 0 Å². The number of nitrogens with zero attached hydrogens (tertiary/aromatic N) is 5. The van der Waals surface area contributed by atoms with Gasteiger partial charge in [-0.2, -0.15) is 5.26 Å². The van der Waals surface area contributed by atoms with Crippen LogP contribution in [0.25, 0.3) is 0 Å². The third-order valence-corrected chi connectivity index (χ3v) is 6.00. The fraction of sp³-hybridized carbons (Fsp3) is 0.240. The van der Waals surface area contributed by atoms with Crippen molar-refractivity contribution in [2.75, 3.05) is 25.4 Å². The molecule has 0 radical (unpaired) electrons. The molecule has 4 rings (SSSR count). The summed E-state index contributed by atoms with van der Waals surface area (Å²) in [6, 6.07) is 19.6. The zero-order valence-electron chi connectivity index (χ0n) is 18.6. The van der Waals surface area contributed by atoms with Gasteiger partial charge in [-0.25, -0.2) is 9.97 Å². The highest BCUT2D eigenvalue weighted by molar-refractivity contribution is 5.96. The zero-order chi connectivity index (χ0) is 23.8. The number of carbonyl (C=O) groups excluding carboxylic acids is 1. The lowest BCUT2D eigenvalue weighted by molar-refractivity contribution is 0.0926. The van der Waals surface area contributed by atoms with Gasteiger partial charge in [-0.05, 0) is 30.5 Å². The Hall–Kier alpha value is -4.45. The lowest BCUT2D eigenvalue weighted by atomic mass is 9.72. The Morgan fingerprint density at radius 1 is 1.09 bits per heavy atom. The molecule has 2 aromatic carbocycles. The number of benzene rings is 2. The largest absolute Gasteiger partial charge is 0.425 e. The molecule has 0 bridgehead atoms. The second-order valence-electron chi connectivity index (χ2n) is 8.02. The number of hydrogen-bond acceptors (Lipinski definition) is 7. The number of nitrogens with two attached hydrogens (primary N) is 1. The number of nitrogens with one attached hydrogen (secondary N) is 1. The lowest BCUT2D eigenvalue weighted by Gasteiger charge is -2.42. The second kappa shape index (κ2) is 10.4. The maximum atomic E-state index is 12.8. The van der Waals surface area contributed by atoms with Crippen LogP contribution in [0.3, 0.4) is 0 Å². The summed E-state index contributed by atoms with van der Waals surface area (Å²) in [4.78, 5) is 26.6. The van der Waals surface area contributed by atoms with E-state index < -0.39 is 0 Å². The average molecular weight is 456 g/mol. The normalized spacial score (nSPS) is 15.3. The van der Waals surface area contributed by atoms with Crippen molar-refractivity contribution in [2.45, 2.75) is 18.3 Å². The number of amidine groups is 1. The number of nitrogen functional groups attached to an aromatic ring is 1. The van der Waals surface area contributed by atoms with Crippen molar-refractivity contribution in [2.24, 2.45) is 4.99 Å². The minimum Gasteiger partial charge on any atom is -0.425 e. The third kappa shape index (κ3) is 5.13. The molecule has 1 aliphatic heterocycles. The molecule has 0 unspecified atom stereocenters. The predicted molar refractivity (Wildman–Crippen MR) is 128 cm³/mol. The van der Waals surface area contributed by atoms with Crippen LogP contribution in [-0.2, 0) is 5.41 Å². The number of amides is 1. The van der Waals surface area contributed by atoms with Crippen LogP contribution in [0.5, 0.6) is 5.75 Å². The molecule has 9 nitrogen and oxygen atoms in total. The first-order valence-corrected chi connectivity index (χ1v) is 11.0. The number of anilines is 1. The van der Waals surface area contributed by atoms with E-state index in [0.717, 1.165) is 18.4 Å². The van der Waals surface area contributed by atoms with E-state index in [0.29, 0.717) is 25.4 Å². The van der Waals surface area contributed by atoms with Gasteiger partial charge in [0.2, 0.25) is 6.19 Å². The van der Waals surface area contributed by atoms with Gasteiger partial charge in [0.05, 0.1) is 0 Å². The maximum absolute atomic E-state index is 12.8. The van der Waals surface area contributed by atoms with Crippen molar-refractivity contribution < 1.29 is 9.53 Å². The molecule has 1 saturated heterocycles. The van der Waals surface area contributed by atoms with Crippen LogP contribution in [0, 0.1) is 11.5 Å². The Bertz CT molecular complexity index is 1180. The van der Waals surface area contributed by atoms with Crippen molar-refractivity contribution >= 4 is 17.7 Å². The van der Waals surface area contributed by atoms with E-state index >= 15 is 0 Å². The summed E-state index contributed by atoms with van der Waals surface area (Å²) in [5.74, 6) is 0.353. The minimum absolute atomic E-state index is 0.0963. The van der Waals surface area contributed by atoms with E-state index in [1.54, 1.807) is 0 Å². The van der Waals surface area contributed by atoms with Crippen molar-refractivity contribution in [3.05, 3.63) is 84.3 Å². The molecule has 3 aromatic rings. The van der Waals surface area contributed by atoms with Crippen molar-refractivity contribution in [1.29, 1.82) is 5.26 Å². The van der Waals surface area contributed by atoms with Crippen LogP contribution in [0.4, 0.5) is 5.82 Å². The van der Waals surface area contributed by atoms with Crippen LogP contribution in [0.1, 0.15) is 28.9 Å². The van der Waals surface area contributed by atoms with Gasteiger partial charge in [0.1, 0.15) is 5.75 Å². The number of hydrogen-bond donors (Lipinski definition) is 2. The fourth-order valence-electron chi connectivity index (χ4n) is 4.14. The quantitative estimate of drug-likeness (QED) is 0.344. The Balaban J connectivity index is 1.51. The first kappa shape index (κ1) is 22.7. The first-order chi connectivity index (χ1) is 16.6. The highest BCUT2D eigenvalue weighted by atomic mass is 16.5. The van der Waals surface area contributed by atoms with Gasteiger partial charge in [-0.15, -0.1) is 4.99 Å². The second-order valence-corrected chi connectivity index (χ2v) is 8.02. The minimum atomic E-state index is -0.359. The SMILES string of the molecule is N#C/N=C(/Oc1ccccc1)N1CCC(CNC(=O)c2nccnc2N)(c2ccccc2)CC1. The van der Waals surface area contributed by atoms with E-state index in [1.807, 2.05) is 59.6 Å². The maximum Gasteiger partial charge on any atom is 0.308 e. The lowest BCUT2D eigenvalue weighted by Crippen LogP contribution is -2.51. The highest BCUT2D eigenvalue weighted by Gasteiger charge is 2.38. The Labute approximate surface area is 197 Å². The van der Waals surface area contributed by atoms with Crippen LogP contribution in [0.2, 0.25) is 0 Å². The van der Waals surface area contributed by atoms with Crippen LogP contribution in [0.15, 0.2) is 78.0 Å². The predicted octanol–water partition coefficient (Wildman–Crippen LogP) is 2.74.